The van der Waals surface area contributed by atoms with Crippen molar-refractivity contribution in [3.63, 3.8) is 0 Å². The number of carbonyl (C=O) groups excluding carboxylic acids is 1. The summed E-state index contributed by atoms with van der Waals surface area (Å²) in [5.41, 5.74) is 3.04. The van der Waals surface area contributed by atoms with Crippen LogP contribution in [0.4, 0.5) is 10.2 Å². The summed E-state index contributed by atoms with van der Waals surface area (Å²) in [4.78, 5) is 21.5. The zero-order valence-corrected chi connectivity index (χ0v) is 17.3. The van der Waals surface area contributed by atoms with E-state index in [9.17, 15) is 14.3 Å². The van der Waals surface area contributed by atoms with Crippen molar-refractivity contribution >= 4 is 11.7 Å². The van der Waals surface area contributed by atoms with Crippen LogP contribution in [0.3, 0.4) is 0 Å². The van der Waals surface area contributed by atoms with Gasteiger partial charge in [-0.3, -0.25) is 4.79 Å². The van der Waals surface area contributed by atoms with E-state index in [0.717, 1.165) is 5.56 Å². The normalized spacial score (nSPS) is 11.7. The highest BCUT2D eigenvalue weighted by atomic mass is 19.1. The molecule has 2 N–H and O–H groups in total. The quantitative estimate of drug-likeness (QED) is 0.438. The number of hydrogen-bond donors (Lipinski definition) is 2. The van der Waals surface area contributed by atoms with Crippen LogP contribution in [0.25, 0.3) is 11.3 Å². The lowest BCUT2D eigenvalue weighted by molar-refractivity contribution is -0.116. The maximum atomic E-state index is 13.3. The fourth-order valence-corrected chi connectivity index (χ4v) is 3.34. The molecule has 1 unspecified atom stereocenters. The Kier molecular flexibility index (Phi) is 6.63. The van der Waals surface area contributed by atoms with Crippen LogP contribution in [0.2, 0.25) is 0 Å². The van der Waals surface area contributed by atoms with E-state index < -0.39 is 6.10 Å². The Bertz CT molecular complexity index is 1180. The number of amides is 1. The van der Waals surface area contributed by atoms with E-state index in [0.29, 0.717) is 23.2 Å². The molecule has 4 aromatic rings. The van der Waals surface area contributed by atoms with Crippen LogP contribution in [0.5, 0.6) is 0 Å². The molecule has 0 radical (unpaired) electrons. The second-order valence-corrected chi connectivity index (χ2v) is 7.34. The van der Waals surface area contributed by atoms with E-state index in [1.165, 1.54) is 18.3 Å². The Morgan fingerprint density at radius 2 is 1.59 bits per heavy atom. The molecule has 0 fully saturated rings. The van der Waals surface area contributed by atoms with E-state index in [-0.39, 0.29) is 29.7 Å². The van der Waals surface area contributed by atoms with Gasteiger partial charge >= 0.3 is 0 Å². The van der Waals surface area contributed by atoms with Crippen molar-refractivity contribution in [2.24, 2.45) is 0 Å². The number of anilines is 1. The van der Waals surface area contributed by atoms with Gasteiger partial charge in [0.25, 0.3) is 0 Å². The van der Waals surface area contributed by atoms with Crippen molar-refractivity contribution < 1.29 is 14.3 Å². The van der Waals surface area contributed by atoms with Crippen molar-refractivity contribution in [2.45, 2.75) is 18.9 Å². The number of aromatic nitrogens is 2. The molecule has 0 aliphatic rings. The van der Waals surface area contributed by atoms with E-state index in [1.807, 2.05) is 48.5 Å². The van der Waals surface area contributed by atoms with Crippen LogP contribution < -0.4 is 5.32 Å². The van der Waals surface area contributed by atoms with Gasteiger partial charge in [-0.25, -0.2) is 14.4 Å². The Balaban J connectivity index is 1.61. The minimum atomic E-state index is -1.09. The summed E-state index contributed by atoms with van der Waals surface area (Å²) in [5, 5.41) is 13.8. The van der Waals surface area contributed by atoms with E-state index in [1.54, 1.807) is 24.3 Å². The van der Waals surface area contributed by atoms with E-state index in [4.69, 9.17) is 0 Å². The lowest BCUT2D eigenvalue weighted by Gasteiger charge is -2.16. The van der Waals surface area contributed by atoms with Crippen molar-refractivity contribution in [3.05, 3.63) is 114 Å². The monoisotopic (exact) mass is 427 g/mol. The number of nitrogens with zero attached hydrogens (tertiary/aromatic N) is 2. The molecule has 0 aliphatic carbocycles. The standard InChI is InChI=1S/C26H22FN3O2/c27-21-14-12-19(13-15-21)22-17-28-26(24(29-22)25(32)20-9-5-2-6-10-20)30-23(31)16-11-18-7-3-1-4-8-18/h1-10,12-15,17,25,32H,11,16H2,(H,28,30,31). The molecule has 1 atom stereocenters. The summed E-state index contributed by atoms with van der Waals surface area (Å²) >= 11 is 0. The first-order valence-electron chi connectivity index (χ1n) is 10.3. The van der Waals surface area contributed by atoms with Crippen molar-refractivity contribution in [2.75, 3.05) is 5.32 Å². The molecule has 32 heavy (non-hydrogen) atoms. The first kappa shape index (κ1) is 21.3. The zero-order valence-electron chi connectivity index (χ0n) is 17.3. The Hall–Kier alpha value is -3.90. The van der Waals surface area contributed by atoms with Gasteiger partial charge in [-0.05, 0) is 41.8 Å². The summed E-state index contributed by atoms with van der Waals surface area (Å²) in [6.07, 6.45) is 1.27. The number of halogens is 1. The lowest BCUT2D eigenvalue weighted by atomic mass is 10.1. The molecule has 0 saturated heterocycles. The maximum Gasteiger partial charge on any atom is 0.225 e. The Labute approximate surface area is 185 Å². The van der Waals surface area contributed by atoms with E-state index >= 15 is 0 Å². The van der Waals surface area contributed by atoms with Gasteiger partial charge in [0.05, 0.1) is 11.9 Å². The third kappa shape index (κ3) is 5.22. The molecule has 0 aliphatic heterocycles. The molecule has 6 heteroatoms. The second-order valence-electron chi connectivity index (χ2n) is 7.34. The highest BCUT2D eigenvalue weighted by Gasteiger charge is 2.20. The summed E-state index contributed by atoms with van der Waals surface area (Å²) in [6.45, 7) is 0. The summed E-state index contributed by atoms with van der Waals surface area (Å²) in [6, 6.07) is 24.6. The first-order valence-corrected chi connectivity index (χ1v) is 10.3. The number of aliphatic hydroxyl groups is 1. The summed E-state index contributed by atoms with van der Waals surface area (Å²) < 4.78 is 13.3. The third-order valence-electron chi connectivity index (χ3n) is 5.06. The maximum absolute atomic E-state index is 13.3. The fraction of sp³-hybridized carbons (Fsp3) is 0.115. The summed E-state index contributed by atoms with van der Waals surface area (Å²) in [5.74, 6) is -0.377. The zero-order chi connectivity index (χ0) is 22.3. The van der Waals surface area contributed by atoms with Gasteiger partial charge in [0.15, 0.2) is 5.82 Å². The molecular weight excluding hydrogens is 405 g/mol. The van der Waals surface area contributed by atoms with Gasteiger partial charge in [-0.15, -0.1) is 0 Å². The highest BCUT2D eigenvalue weighted by molar-refractivity contribution is 5.90. The molecule has 160 valence electrons. The molecule has 3 aromatic carbocycles. The van der Waals surface area contributed by atoms with Crippen LogP contribution in [0.15, 0.2) is 91.1 Å². The Morgan fingerprint density at radius 1 is 0.938 bits per heavy atom. The number of hydrogen-bond acceptors (Lipinski definition) is 4. The van der Waals surface area contributed by atoms with Crippen molar-refractivity contribution in [1.82, 2.24) is 9.97 Å². The number of aryl methyl sites for hydroxylation is 1. The number of carbonyl (C=O) groups is 1. The molecular formula is C26H22FN3O2. The number of rotatable bonds is 7. The van der Waals surface area contributed by atoms with Crippen molar-refractivity contribution in [3.8, 4) is 11.3 Å². The molecule has 0 bridgehead atoms. The topological polar surface area (TPSA) is 75.1 Å². The van der Waals surface area contributed by atoms with Gasteiger partial charge in [0.2, 0.25) is 5.91 Å². The van der Waals surface area contributed by atoms with Crippen LogP contribution >= 0.6 is 0 Å². The predicted octanol–water partition coefficient (Wildman–Crippen LogP) is 4.94. The predicted molar refractivity (Wildman–Crippen MR) is 121 cm³/mol. The molecule has 1 heterocycles. The molecule has 1 amide bonds. The van der Waals surface area contributed by atoms with E-state index in [2.05, 4.69) is 15.3 Å². The van der Waals surface area contributed by atoms with Crippen LogP contribution in [-0.2, 0) is 11.2 Å². The molecule has 0 spiro atoms. The second kappa shape index (κ2) is 9.94. The van der Waals surface area contributed by atoms with Gasteiger partial charge in [-0.1, -0.05) is 60.7 Å². The SMILES string of the molecule is O=C(CCc1ccccc1)Nc1ncc(-c2ccc(F)cc2)nc1C(O)c1ccccc1. The van der Waals surface area contributed by atoms with Gasteiger partial charge in [0, 0.05) is 12.0 Å². The first-order chi connectivity index (χ1) is 15.6. The van der Waals surface area contributed by atoms with Gasteiger partial charge in [0.1, 0.15) is 17.6 Å². The number of nitrogens with one attached hydrogen (secondary N) is 1. The van der Waals surface area contributed by atoms with Gasteiger partial charge in [-0.2, -0.15) is 0 Å². The lowest BCUT2D eigenvalue weighted by Crippen LogP contribution is -2.17. The fourth-order valence-electron chi connectivity index (χ4n) is 3.34. The number of aliphatic hydroxyl groups excluding tert-OH is 1. The van der Waals surface area contributed by atoms with Crippen LogP contribution in [0.1, 0.15) is 29.3 Å². The molecule has 1 aromatic heterocycles. The smallest absolute Gasteiger partial charge is 0.225 e. The average molecular weight is 427 g/mol. The van der Waals surface area contributed by atoms with Crippen LogP contribution in [0, 0.1) is 5.82 Å². The van der Waals surface area contributed by atoms with Crippen molar-refractivity contribution in [1.29, 1.82) is 0 Å². The minimum absolute atomic E-state index is 0.199. The minimum Gasteiger partial charge on any atom is -0.382 e. The summed E-state index contributed by atoms with van der Waals surface area (Å²) in [7, 11) is 0. The third-order valence-corrected chi connectivity index (χ3v) is 5.06. The molecule has 5 nitrogen and oxygen atoms in total. The molecule has 0 saturated carbocycles. The average Bonchev–Trinajstić information content (AvgIpc) is 2.84. The molecule has 4 rings (SSSR count). The number of benzene rings is 3. The highest BCUT2D eigenvalue weighted by Crippen LogP contribution is 2.28. The van der Waals surface area contributed by atoms with Gasteiger partial charge < -0.3 is 10.4 Å². The Morgan fingerprint density at radius 3 is 2.28 bits per heavy atom. The largest absolute Gasteiger partial charge is 0.382 e. The van der Waals surface area contributed by atoms with Crippen LogP contribution in [-0.4, -0.2) is 21.0 Å².